The number of benzene rings is 1. The molecule has 2 aromatic rings. The molecule has 1 N–H and O–H groups in total. The molecule has 1 unspecified atom stereocenters. The molecule has 10 heteroatoms. The van der Waals surface area contributed by atoms with Gasteiger partial charge in [0.15, 0.2) is 5.52 Å². The van der Waals surface area contributed by atoms with E-state index in [4.69, 9.17) is 0 Å². The number of hydrogen-bond donors (Lipinski definition) is 1. The zero-order valence-electron chi connectivity index (χ0n) is 12.1. The average Bonchev–Trinajstić information content (AvgIpc) is 3.12. The fourth-order valence-corrected chi connectivity index (χ4v) is 3.34. The smallest absolute Gasteiger partial charge is 0.329 e. The number of amides is 1. The fourth-order valence-electron chi connectivity index (χ4n) is 2.80. The molecule has 1 aliphatic rings. The highest BCUT2D eigenvalue weighted by Gasteiger charge is 2.46. The van der Waals surface area contributed by atoms with Gasteiger partial charge in [-0.05, 0) is 25.8 Å². The topological polar surface area (TPSA) is 127 Å². The SMILES string of the molecule is CC1(C(=O)O)CCCN1C(=O)c1cc([N+](=O)[O-])c2nsnc2c1. The van der Waals surface area contributed by atoms with Crippen LogP contribution in [0.4, 0.5) is 5.69 Å². The molecule has 1 aromatic carbocycles. The molecule has 0 radical (unpaired) electrons. The van der Waals surface area contributed by atoms with Crippen LogP contribution in [0.2, 0.25) is 0 Å². The third-order valence-corrected chi connectivity index (χ3v) is 4.67. The monoisotopic (exact) mass is 336 g/mol. The zero-order valence-corrected chi connectivity index (χ0v) is 12.9. The largest absolute Gasteiger partial charge is 0.480 e. The highest BCUT2D eigenvalue weighted by atomic mass is 32.1. The number of carbonyl (C=O) groups excluding carboxylic acids is 1. The lowest BCUT2D eigenvalue weighted by molar-refractivity contribution is -0.383. The number of nitro groups is 1. The van der Waals surface area contributed by atoms with Crippen LogP contribution in [0.3, 0.4) is 0 Å². The molecule has 1 fully saturated rings. The molecule has 3 rings (SSSR count). The summed E-state index contributed by atoms with van der Waals surface area (Å²) in [5.74, 6) is -1.64. The number of fused-ring (bicyclic) bond motifs is 1. The molecule has 1 atom stereocenters. The Balaban J connectivity index is 2.08. The second-order valence-electron chi connectivity index (χ2n) is 5.52. The standard InChI is InChI=1S/C13H12N4O5S/c1-13(12(19)20)3-2-4-16(13)11(18)7-5-8-10(15-23-14-8)9(6-7)17(21)22/h5-6H,2-4H2,1H3,(H,19,20). The summed E-state index contributed by atoms with van der Waals surface area (Å²) in [4.78, 5) is 36.0. The van der Waals surface area contributed by atoms with Gasteiger partial charge in [-0.15, -0.1) is 0 Å². The predicted molar refractivity (Wildman–Crippen MR) is 80.4 cm³/mol. The van der Waals surface area contributed by atoms with Gasteiger partial charge < -0.3 is 10.0 Å². The Labute approximate surface area is 134 Å². The van der Waals surface area contributed by atoms with Crippen LogP contribution < -0.4 is 0 Å². The van der Waals surface area contributed by atoms with Crippen LogP contribution in [0.15, 0.2) is 12.1 Å². The predicted octanol–water partition coefficient (Wildman–Crippen LogP) is 1.68. The van der Waals surface area contributed by atoms with Crippen molar-refractivity contribution in [1.29, 1.82) is 0 Å². The van der Waals surface area contributed by atoms with Crippen molar-refractivity contribution < 1.29 is 19.6 Å². The summed E-state index contributed by atoms with van der Waals surface area (Å²) in [5.41, 5.74) is -1.19. The number of hydrogen-bond acceptors (Lipinski definition) is 7. The number of aliphatic carboxylic acids is 1. The van der Waals surface area contributed by atoms with Crippen molar-refractivity contribution in [3.05, 3.63) is 27.8 Å². The Bertz CT molecular complexity index is 835. The van der Waals surface area contributed by atoms with Gasteiger partial charge in [-0.3, -0.25) is 14.9 Å². The number of nitrogens with zero attached hydrogens (tertiary/aromatic N) is 4. The molecule has 0 aliphatic carbocycles. The molecule has 0 spiro atoms. The zero-order chi connectivity index (χ0) is 16.8. The summed E-state index contributed by atoms with van der Waals surface area (Å²) in [6.45, 7) is 1.78. The first-order valence-corrected chi connectivity index (χ1v) is 7.53. The number of rotatable bonds is 3. The first-order valence-electron chi connectivity index (χ1n) is 6.80. The molecule has 1 aliphatic heterocycles. The Morgan fingerprint density at radius 3 is 2.83 bits per heavy atom. The van der Waals surface area contributed by atoms with E-state index in [0.717, 1.165) is 17.8 Å². The van der Waals surface area contributed by atoms with Gasteiger partial charge in [0.2, 0.25) is 0 Å². The maximum atomic E-state index is 12.7. The first kappa shape index (κ1) is 15.3. The number of nitro benzene ring substituents is 1. The maximum absolute atomic E-state index is 12.7. The van der Waals surface area contributed by atoms with Crippen molar-refractivity contribution in [1.82, 2.24) is 13.6 Å². The van der Waals surface area contributed by atoms with Crippen molar-refractivity contribution in [3.63, 3.8) is 0 Å². The normalized spacial score (nSPS) is 20.8. The first-order chi connectivity index (χ1) is 10.8. The van der Waals surface area contributed by atoms with Gasteiger partial charge >= 0.3 is 5.97 Å². The van der Waals surface area contributed by atoms with Gasteiger partial charge in [0.25, 0.3) is 11.6 Å². The molecule has 120 valence electrons. The van der Waals surface area contributed by atoms with E-state index in [2.05, 4.69) is 8.75 Å². The van der Waals surface area contributed by atoms with Crippen LogP contribution in [0.1, 0.15) is 30.1 Å². The third-order valence-electron chi connectivity index (χ3n) is 4.13. The van der Waals surface area contributed by atoms with E-state index in [1.54, 1.807) is 0 Å². The molecule has 0 bridgehead atoms. The van der Waals surface area contributed by atoms with Crippen molar-refractivity contribution in [3.8, 4) is 0 Å². The molecular formula is C13H12N4O5S. The van der Waals surface area contributed by atoms with Crippen LogP contribution in [0, 0.1) is 10.1 Å². The number of non-ortho nitro benzene ring substituents is 1. The number of carboxylic acids is 1. The van der Waals surface area contributed by atoms with Crippen LogP contribution in [0.5, 0.6) is 0 Å². The van der Waals surface area contributed by atoms with Gasteiger partial charge in [0.05, 0.1) is 16.7 Å². The van der Waals surface area contributed by atoms with Crippen molar-refractivity contribution in [2.45, 2.75) is 25.3 Å². The van der Waals surface area contributed by atoms with Crippen molar-refractivity contribution in [2.24, 2.45) is 0 Å². The Morgan fingerprint density at radius 1 is 1.43 bits per heavy atom. The lowest BCUT2D eigenvalue weighted by atomic mass is 9.98. The van der Waals surface area contributed by atoms with E-state index >= 15 is 0 Å². The van der Waals surface area contributed by atoms with Gasteiger partial charge in [-0.25, -0.2) is 4.79 Å². The van der Waals surface area contributed by atoms with Crippen molar-refractivity contribution in [2.75, 3.05) is 6.54 Å². The highest BCUT2D eigenvalue weighted by molar-refractivity contribution is 7.00. The summed E-state index contributed by atoms with van der Waals surface area (Å²) >= 11 is 0.818. The number of likely N-dealkylation sites (tertiary alicyclic amines) is 1. The van der Waals surface area contributed by atoms with Crippen LogP contribution in [-0.4, -0.2) is 47.6 Å². The summed E-state index contributed by atoms with van der Waals surface area (Å²) in [6, 6.07) is 2.54. The summed E-state index contributed by atoms with van der Waals surface area (Å²) in [5, 5.41) is 20.6. The highest BCUT2D eigenvalue weighted by Crippen LogP contribution is 2.33. The average molecular weight is 336 g/mol. The van der Waals surface area contributed by atoms with Gasteiger partial charge in [-0.2, -0.15) is 8.75 Å². The van der Waals surface area contributed by atoms with E-state index < -0.39 is 22.3 Å². The molecule has 9 nitrogen and oxygen atoms in total. The maximum Gasteiger partial charge on any atom is 0.329 e. The van der Waals surface area contributed by atoms with E-state index in [1.165, 1.54) is 17.9 Å². The number of carboxylic acid groups (broad SMARTS) is 1. The van der Waals surface area contributed by atoms with E-state index in [9.17, 15) is 24.8 Å². The molecular weight excluding hydrogens is 324 g/mol. The summed E-state index contributed by atoms with van der Waals surface area (Å²) in [6.07, 6.45) is 0.911. The van der Waals surface area contributed by atoms with Crippen LogP contribution in [-0.2, 0) is 4.79 Å². The lowest BCUT2D eigenvalue weighted by Gasteiger charge is -2.31. The Hall–Kier alpha value is -2.62. The van der Waals surface area contributed by atoms with Crippen molar-refractivity contribution >= 4 is 40.3 Å². The van der Waals surface area contributed by atoms with Crippen LogP contribution in [0.25, 0.3) is 11.0 Å². The van der Waals surface area contributed by atoms with E-state index in [0.29, 0.717) is 19.4 Å². The van der Waals surface area contributed by atoms with Gasteiger partial charge in [-0.1, -0.05) is 0 Å². The molecule has 1 saturated heterocycles. The number of aromatic nitrogens is 2. The second kappa shape index (κ2) is 5.23. The minimum absolute atomic E-state index is 0.0475. The molecule has 1 aromatic heterocycles. The Kier molecular flexibility index (Phi) is 3.48. The molecule has 0 saturated carbocycles. The molecule has 2 heterocycles. The van der Waals surface area contributed by atoms with Crippen LogP contribution >= 0.6 is 11.7 Å². The molecule has 1 amide bonds. The van der Waals surface area contributed by atoms with E-state index in [-0.39, 0.29) is 22.3 Å². The summed E-state index contributed by atoms with van der Waals surface area (Å²) < 4.78 is 7.81. The van der Waals surface area contributed by atoms with E-state index in [1.807, 2.05) is 0 Å². The number of carbonyl (C=O) groups is 2. The fraction of sp³-hybridized carbons (Fsp3) is 0.385. The second-order valence-corrected chi connectivity index (χ2v) is 6.05. The Morgan fingerprint density at radius 2 is 2.17 bits per heavy atom. The minimum atomic E-state index is -1.30. The summed E-state index contributed by atoms with van der Waals surface area (Å²) in [7, 11) is 0. The quantitative estimate of drug-likeness (QED) is 0.667. The lowest BCUT2D eigenvalue weighted by Crippen LogP contribution is -2.50. The van der Waals surface area contributed by atoms with Gasteiger partial charge in [0.1, 0.15) is 11.1 Å². The van der Waals surface area contributed by atoms with Gasteiger partial charge in [0, 0.05) is 18.2 Å². The third kappa shape index (κ3) is 2.31. The minimum Gasteiger partial charge on any atom is -0.480 e. The molecule has 23 heavy (non-hydrogen) atoms.